The molecule has 0 aliphatic heterocycles. The van der Waals surface area contributed by atoms with Crippen LogP contribution in [0.25, 0.3) is 11.4 Å². The van der Waals surface area contributed by atoms with Gasteiger partial charge >= 0.3 is 0 Å². The van der Waals surface area contributed by atoms with Crippen molar-refractivity contribution in [3.8, 4) is 11.4 Å². The number of nitrogen functional groups attached to an aromatic ring is 1. The molecule has 2 aromatic rings. The highest BCUT2D eigenvalue weighted by Gasteiger charge is 2.49. The van der Waals surface area contributed by atoms with Crippen LogP contribution in [0.2, 0.25) is 0 Å². The van der Waals surface area contributed by atoms with E-state index in [2.05, 4.69) is 29.4 Å². The van der Waals surface area contributed by atoms with Crippen molar-refractivity contribution >= 4 is 5.69 Å². The lowest BCUT2D eigenvalue weighted by atomic mass is 10.1. The number of hydrogen-bond donors (Lipinski definition) is 1. The number of nitrogens with zero attached hydrogens (tertiary/aromatic N) is 4. The summed E-state index contributed by atoms with van der Waals surface area (Å²) in [4.78, 5) is 0. The molecule has 1 fully saturated rings. The second-order valence-corrected chi connectivity index (χ2v) is 5.39. The van der Waals surface area contributed by atoms with Gasteiger partial charge in [-0.25, -0.2) is 9.07 Å². The Hall–Kier alpha value is -1.98. The van der Waals surface area contributed by atoms with E-state index >= 15 is 0 Å². The van der Waals surface area contributed by atoms with Gasteiger partial charge < -0.3 is 5.73 Å². The zero-order chi connectivity index (χ0) is 12.9. The quantitative estimate of drug-likeness (QED) is 0.824. The lowest BCUT2D eigenvalue weighted by Gasteiger charge is -2.07. The van der Waals surface area contributed by atoms with Crippen LogP contribution in [0.3, 0.4) is 0 Å². The SMILES string of the molecule is CC1(C)CC1n1nnnc1-c1ccc(N)cc1F. The van der Waals surface area contributed by atoms with Crippen molar-refractivity contribution in [3.05, 3.63) is 24.0 Å². The summed E-state index contributed by atoms with van der Waals surface area (Å²) in [6, 6.07) is 4.78. The van der Waals surface area contributed by atoms with Gasteiger partial charge in [0.05, 0.1) is 11.6 Å². The summed E-state index contributed by atoms with van der Waals surface area (Å²) in [5.74, 6) is 0.0626. The van der Waals surface area contributed by atoms with Crippen LogP contribution in [0.5, 0.6) is 0 Å². The van der Waals surface area contributed by atoms with Crippen LogP contribution in [0.15, 0.2) is 18.2 Å². The fourth-order valence-electron chi connectivity index (χ4n) is 2.15. The average Bonchev–Trinajstić information content (AvgIpc) is 2.74. The molecule has 94 valence electrons. The Morgan fingerprint density at radius 1 is 1.44 bits per heavy atom. The number of aromatic nitrogens is 4. The van der Waals surface area contributed by atoms with E-state index in [9.17, 15) is 4.39 Å². The third-order valence-corrected chi connectivity index (χ3v) is 3.48. The Kier molecular flexibility index (Phi) is 2.17. The van der Waals surface area contributed by atoms with Crippen LogP contribution in [-0.2, 0) is 0 Å². The third-order valence-electron chi connectivity index (χ3n) is 3.48. The first-order valence-electron chi connectivity index (χ1n) is 5.82. The highest BCUT2D eigenvalue weighted by atomic mass is 19.1. The van der Waals surface area contributed by atoms with E-state index in [1.807, 2.05) is 0 Å². The largest absolute Gasteiger partial charge is 0.399 e. The minimum atomic E-state index is -0.399. The summed E-state index contributed by atoms with van der Waals surface area (Å²) in [6.45, 7) is 4.28. The first-order valence-corrected chi connectivity index (χ1v) is 5.82. The molecular formula is C12H14FN5. The first-order chi connectivity index (χ1) is 8.49. The maximum atomic E-state index is 13.9. The van der Waals surface area contributed by atoms with Gasteiger partial charge in [0.15, 0.2) is 5.82 Å². The Labute approximate surface area is 104 Å². The lowest BCUT2D eigenvalue weighted by Crippen LogP contribution is -2.05. The zero-order valence-electron chi connectivity index (χ0n) is 10.3. The standard InChI is InChI=1S/C12H14FN5/c1-12(2)6-10(12)18-11(15-16-17-18)8-4-3-7(14)5-9(8)13/h3-5,10H,6,14H2,1-2H3. The van der Waals surface area contributed by atoms with Crippen LogP contribution in [-0.4, -0.2) is 20.2 Å². The molecule has 0 bridgehead atoms. The molecule has 0 spiro atoms. The van der Waals surface area contributed by atoms with Gasteiger partial charge in [-0.2, -0.15) is 0 Å². The van der Waals surface area contributed by atoms with Gasteiger partial charge in [0.25, 0.3) is 0 Å². The molecule has 1 unspecified atom stereocenters. The highest BCUT2D eigenvalue weighted by molar-refractivity contribution is 5.59. The molecule has 1 heterocycles. The molecule has 18 heavy (non-hydrogen) atoms. The van der Waals surface area contributed by atoms with Gasteiger partial charge in [0.2, 0.25) is 0 Å². The van der Waals surface area contributed by atoms with Crippen molar-refractivity contribution < 1.29 is 4.39 Å². The van der Waals surface area contributed by atoms with E-state index in [-0.39, 0.29) is 11.5 Å². The molecule has 0 radical (unpaired) electrons. The molecule has 1 aliphatic rings. The van der Waals surface area contributed by atoms with Gasteiger partial charge in [-0.1, -0.05) is 13.8 Å². The third kappa shape index (κ3) is 1.64. The normalized spacial score (nSPS) is 20.9. The molecule has 1 saturated carbocycles. The Bertz CT molecular complexity index is 604. The summed E-state index contributed by atoms with van der Waals surface area (Å²) in [5, 5.41) is 11.6. The van der Waals surface area contributed by atoms with Gasteiger partial charge in [0, 0.05) is 5.69 Å². The topological polar surface area (TPSA) is 69.6 Å². The van der Waals surface area contributed by atoms with Crippen LogP contribution in [0.4, 0.5) is 10.1 Å². The number of rotatable bonds is 2. The molecular weight excluding hydrogens is 233 g/mol. The predicted octanol–water partition coefficient (Wildman–Crippen LogP) is 2.03. The van der Waals surface area contributed by atoms with Crippen LogP contribution >= 0.6 is 0 Å². The predicted molar refractivity (Wildman–Crippen MR) is 65.1 cm³/mol. The Morgan fingerprint density at radius 2 is 2.17 bits per heavy atom. The summed E-state index contributed by atoms with van der Waals surface area (Å²) in [6.07, 6.45) is 1.00. The second kappa shape index (κ2) is 3.51. The fraction of sp³-hybridized carbons (Fsp3) is 0.417. The fourth-order valence-corrected chi connectivity index (χ4v) is 2.15. The van der Waals surface area contributed by atoms with Crippen LogP contribution in [0.1, 0.15) is 26.3 Å². The molecule has 1 aromatic carbocycles. The van der Waals surface area contributed by atoms with Crippen LogP contribution in [0, 0.1) is 11.2 Å². The molecule has 1 aromatic heterocycles. The number of hydrogen-bond acceptors (Lipinski definition) is 4. The summed E-state index contributed by atoms with van der Waals surface area (Å²) >= 11 is 0. The van der Waals surface area contributed by atoms with Crippen molar-refractivity contribution in [1.29, 1.82) is 0 Å². The van der Waals surface area contributed by atoms with Crippen molar-refractivity contribution in [3.63, 3.8) is 0 Å². The summed E-state index contributed by atoms with van der Waals surface area (Å²) in [7, 11) is 0. The number of benzene rings is 1. The first kappa shape index (κ1) is 11.1. The van der Waals surface area contributed by atoms with E-state index in [1.165, 1.54) is 6.07 Å². The number of tetrazole rings is 1. The molecule has 1 atom stereocenters. The van der Waals surface area contributed by atoms with E-state index in [1.54, 1.807) is 16.8 Å². The lowest BCUT2D eigenvalue weighted by molar-refractivity contribution is 0.496. The molecule has 0 saturated heterocycles. The van der Waals surface area contributed by atoms with Gasteiger partial charge in [0.1, 0.15) is 5.82 Å². The highest BCUT2D eigenvalue weighted by Crippen LogP contribution is 2.55. The van der Waals surface area contributed by atoms with Crippen molar-refractivity contribution in [1.82, 2.24) is 20.2 Å². The number of anilines is 1. The Balaban J connectivity index is 2.05. The summed E-state index contributed by atoms with van der Waals surface area (Å²) in [5.41, 5.74) is 6.49. The van der Waals surface area contributed by atoms with Gasteiger partial charge in [-0.15, -0.1) is 5.10 Å². The second-order valence-electron chi connectivity index (χ2n) is 5.39. The van der Waals surface area contributed by atoms with E-state index in [4.69, 9.17) is 5.73 Å². The van der Waals surface area contributed by atoms with Crippen molar-refractivity contribution in [2.45, 2.75) is 26.3 Å². The molecule has 2 N–H and O–H groups in total. The van der Waals surface area contributed by atoms with Crippen molar-refractivity contribution in [2.75, 3.05) is 5.73 Å². The minimum Gasteiger partial charge on any atom is -0.399 e. The molecule has 6 heteroatoms. The van der Waals surface area contributed by atoms with E-state index < -0.39 is 5.82 Å². The van der Waals surface area contributed by atoms with Gasteiger partial charge in [-0.05, 0) is 40.5 Å². The van der Waals surface area contributed by atoms with E-state index in [0.717, 1.165) is 6.42 Å². The number of halogens is 1. The zero-order valence-corrected chi connectivity index (χ0v) is 10.3. The Morgan fingerprint density at radius 3 is 2.78 bits per heavy atom. The van der Waals surface area contributed by atoms with Crippen LogP contribution < -0.4 is 5.73 Å². The maximum absolute atomic E-state index is 13.9. The molecule has 3 rings (SSSR count). The average molecular weight is 247 g/mol. The maximum Gasteiger partial charge on any atom is 0.185 e. The number of nitrogens with two attached hydrogens (primary N) is 1. The molecule has 1 aliphatic carbocycles. The van der Waals surface area contributed by atoms with Crippen molar-refractivity contribution in [2.24, 2.45) is 5.41 Å². The smallest absolute Gasteiger partial charge is 0.185 e. The minimum absolute atomic E-state index is 0.175. The molecule has 0 amide bonds. The summed E-state index contributed by atoms with van der Waals surface area (Å²) < 4.78 is 15.6. The van der Waals surface area contributed by atoms with E-state index in [0.29, 0.717) is 17.1 Å². The molecule has 5 nitrogen and oxygen atoms in total. The monoisotopic (exact) mass is 247 g/mol. The van der Waals surface area contributed by atoms with Gasteiger partial charge in [-0.3, -0.25) is 0 Å².